The Morgan fingerprint density at radius 3 is 2.29 bits per heavy atom. The van der Waals surface area contributed by atoms with Crippen LogP contribution in [0, 0.1) is 5.92 Å². The maximum absolute atomic E-state index is 13.9. The number of nitrogens with one attached hydrogen (secondary N) is 1. The summed E-state index contributed by atoms with van der Waals surface area (Å²) < 4.78 is 34.8. The average molecular weight is 684 g/mol. The van der Waals surface area contributed by atoms with E-state index in [4.69, 9.17) is 4.74 Å². The van der Waals surface area contributed by atoms with Gasteiger partial charge in [-0.3, -0.25) is 9.36 Å². The first-order valence-corrected chi connectivity index (χ1v) is 18.7. The Labute approximate surface area is 289 Å². The summed E-state index contributed by atoms with van der Waals surface area (Å²) in [6.45, 7) is 5.15. The zero-order chi connectivity index (χ0) is 34.5. The van der Waals surface area contributed by atoms with Crippen molar-refractivity contribution in [3.63, 3.8) is 0 Å². The molecule has 0 unspecified atom stereocenters. The van der Waals surface area contributed by atoms with Gasteiger partial charge in [-0.15, -0.1) is 0 Å². The predicted octanol–water partition coefficient (Wildman–Crippen LogP) is 5.64. The third-order valence-corrected chi connectivity index (χ3v) is 11.9. The van der Waals surface area contributed by atoms with Crippen LogP contribution in [0.5, 0.6) is 5.88 Å². The van der Waals surface area contributed by atoms with Crippen molar-refractivity contribution in [2.24, 2.45) is 5.92 Å². The first-order valence-electron chi connectivity index (χ1n) is 17.0. The van der Waals surface area contributed by atoms with E-state index < -0.39 is 22.0 Å². The number of aromatic nitrogens is 2. The van der Waals surface area contributed by atoms with Crippen molar-refractivity contribution in [2.75, 3.05) is 19.3 Å². The number of rotatable bonds is 11. The lowest BCUT2D eigenvalue weighted by molar-refractivity contribution is -0.133. The van der Waals surface area contributed by atoms with E-state index in [1.165, 1.54) is 6.20 Å². The molecule has 258 valence electrons. The summed E-state index contributed by atoms with van der Waals surface area (Å²) in [5, 5.41) is 2.80. The first kappa shape index (κ1) is 34.4. The van der Waals surface area contributed by atoms with Crippen LogP contribution < -0.4 is 10.1 Å². The Bertz CT molecular complexity index is 1830. The van der Waals surface area contributed by atoms with Crippen molar-refractivity contribution in [1.82, 2.24) is 24.7 Å². The molecule has 4 atom stereocenters. The number of sulfone groups is 1. The molecule has 2 aliphatic rings. The molecule has 2 heterocycles. The molecule has 2 amide bonds. The molecule has 1 N–H and O–H groups in total. The number of ether oxygens (including phenoxy) is 1. The van der Waals surface area contributed by atoms with Gasteiger partial charge in [0.15, 0.2) is 9.84 Å². The molecule has 0 bridgehead atoms. The number of carbonyl (C=O) groups excluding carboxylic acids is 2. The smallest absolute Gasteiger partial charge is 0.391 e. The zero-order valence-corrected chi connectivity index (χ0v) is 29.1. The van der Waals surface area contributed by atoms with E-state index in [1.807, 2.05) is 65.2 Å². The normalized spacial score (nSPS) is 21.3. The molecule has 10 nitrogen and oxygen atoms in total. The van der Waals surface area contributed by atoms with Crippen LogP contribution in [0.25, 0.3) is 11.4 Å². The van der Waals surface area contributed by atoms with E-state index in [-0.39, 0.29) is 35.5 Å². The largest absolute Gasteiger partial charge is 0.414 e. The molecule has 0 radical (unpaired) electrons. The Morgan fingerprint density at radius 1 is 0.959 bits per heavy atom. The molecule has 4 aromatic rings. The second kappa shape index (κ2) is 15.0. The highest BCUT2D eigenvalue weighted by Crippen LogP contribution is 2.36. The number of benzene rings is 3. The maximum atomic E-state index is 13.9. The standard InChI is InChI=1S/C38H45N5O5S/c1-27(2)41(3)31-19-20-34(30(23-31)26-49(46,47)32-17-11-6-12-18-32)42-22-21-33(37(42)44)40-38(45)48-35-24-39-36(29-15-9-5-10-16-29)43(35)25-28-13-7-4-8-14-28/h4-18,24,27,30-31,33-34H,19-23,25-26H2,1-3H3,(H,40,45)/t30-,31+,33-,34-/m0/s1. The second-order valence-corrected chi connectivity index (χ2v) is 15.4. The van der Waals surface area contributed by atoms with Gasteiger partial charge in [0.2, 0.25) is 11.8 Å². The van der Waals surface area contributed by atoms with Crippen LogP contribution in [-0.2, 0) is 21.2 Å². The minimum Gasteiger partial charge on any atom is -0.391 e. The van der Waals surface area contributed by atoms with Crippen LogP contribution in [0.1, 0.15) is 45.1 Å². The molecular formula is C38H45N5O5S. The van der Waals surface area contributed by atoms with Crippen molar-refractivity contribution >= 4 is 21.8 Å². The number of carbonyl (C=O) groups is 2. The molecule has 1 saturated carbocycles. The summed E-state index contributed by atoms with van der Waals surface area (Å²) in [7, 11) is -1.49. The van der Waals surface area contributed by atoms with Gasteiger partial charge in [0.25, 0.3) is 0 Å². The molecule has 3 aromatic carbocycles. The van der Waals surface area contributed by atoms with E-state index >= 15 is 0 Å². The third-order valence-electron chi connectivity index (χ3n) is 10.0. The van der Waals surface area contributed by atoms with Crippen LogP contribution in [0.15, 0.2) is 102 Å². The molecule has 1 aliphatic carbocycles. The van der Waals surface area contributed by atoms with E-state index in [1.54, 1.807) is 35.2 Å². The van der Waals surface area contributed by atoms with E-state index in [0.29, 0.717) is 49.1 Å². The fourth-order valence-electron chi connectivity index (χ4n) is 7.22. The highest BCUT2D eigenvalue weighted by Gasteiger charge is 2.44. The number of amides is 2. The van der Waals surface area contributed by atoms with Gasteiger partial charge < -0.3 is 19.9 Å². The first-order chi connectivity index (χ1) is 23.6. The van der Waals surface area contributed by atoms with Crippen LogP contribution in [0.3, 0.4) is 0 Å². The highest BCUT2D eigenvalue weighted by atomic mass is 32.2. The van der Waals surface area contributed by atoms with Gasteiger partial charge in [0.05, 0.1) is 23.4 Å². The predicted molar refractivity (Wildman–Crippen MR) is 189 cm³/mol. The summed E-state index contributed by atoms with van der Waals surface area (Å²) in [6.07, 6.45) is 3.43. The fourth-order valence-corrected chi connectivity index (χ4v) is 8.91. The van der Waals surface area contributed by atoms with Crippen molar-refractivity contribution in [3.8, 4) is 17.3 Å². The van der Waals surface area contributed by atoms with Gasteiger partial charge in [-0.2, -0.15) is 0 Å². The monoisotopic (exact) mass is 683 g/mol. The van der Waals surface area contributed by atoms with Gasteiger partial charge in [0.1, 0.15) is 11.9 Å². The zero-order valence-electron chi connectivity index (χ0n) is 28.3. The molecule has 11 heteroatoms. The van der Waals surface area contributed by atoms with Gasteiger partial charge in [-0.05, 0) is 70.2 Å². The van der Waals surface area contributed by atoms with E-state index in [0.717, 1.165) is 17.5 Å². The SMILES string of the molecule is CC(C)N(C)[C@@H]1CC[C@H](N2CC[C@H](NC(=O)Oc3cnc(-c4ccccc4)n3Cc3ccccc3)C2=O)[C@H](CS(=O)(=O)c2ccccc2)C1. The summed E-state index contributed by atoms with van der Waals surface area (Å²) in [5.74, 6) is 0.432. The second-order valence-electron chi connectivity index (χ2n) is 13.4. The Balaban J connectivity index is 1.17. The highest BCUT2D eigenvalue weighted by molar-refractivity contribution is 7.91. The van der Waals surface area contributed by atoms with Crippen LogP contribution in [0.2, 0.25) is 0 Å². The van der Waals surface area contributed by atoms with Crippen molar-refractivity contribution in [1.29, 1.82) is 0 Å². The van der Waals surface area contributed by atoms with Crippen molar-refractivity contribution in [3.05, 3.63) is 103 Å². The molecule has 1 aromatic heterocycles. The van der Waals surface area contributed by atoms with Gasteiger partial charge in [-0.25, -0.2) is 18.2 Å². The Kier molecular flexibility index (Phi) is 10.5. The van der Waals surface area contributed by atoms with Crippen molar-refractivity contribution < 1.29 is 22.7 Å². The Hall–Kier alpha value is -4.48. The average Bonchev–Trinajstić information content (AvgIpc) is 3.67. The number of likely N-dealkylation sites (tertiary alicyclic amines) is 1. The topological polar surface area (TPSA) is 114 Å². The van der Waals surface area contributed by atoms with Crippen molar-refractivity contribution in [2.45, 2.75) is 75.1 Å². The molecule has 1 saturated heterocycles. The molecule has 49 heavy (non-hydrogen) atoms. The summed E-state index contributed by atoms with van der Waals surface area (Å²) in [5.41, 5.74) is 1.90. The lowest BCUT2D eigenvalue weighted by Gasteiger charge is -2.44. The number of hydrogen-bond donors (Lipinski definition) is 1. The van der Waals surface area contributed by atoms with Crippen LogP contribution in [-0.4, -0.2) is 83.3 Å². The maximum Gasteiger partial charge on any atom is 0.414 e. The minimum absolute atomic E-state index is 0.0385. The minimum atomic E-state index is -3.58. The van der Waals surface area contributed by atoms with Gasteiger partial charge in [0, 0.05) is 30.2 Å². The fraction of sp³-hybridized carbons (Fsp3) is 0.395. The summed E-state index contributed by atoms with van der Waals surface area (Å²) in [4.78, 5) is 36.2. The molecular weight excluding hydrogens is 639 g/mol. The van der Waals surface area contributed by atoms with E-state index in [2.05, 4.69) is 36.1 Å². The van der Waals surface area contributed by atoms with Gasteiger partial charge >= 0.3 is 6.09 Å². The summed E-state index contributed by atoms with van der Waals surface area (Å²) in [6, 6.07) is 27.6. The molecule has 0 spiro atoms. The van der Waals surface area contributed by atoms with Gasteiger partial charge in [-0.1, -0.05) is 78.9 Å². The molecule has 1 aliphatic heterocycles. The molecule has 2 fully saturated rings. The quantitative estimate of drug-likeness (QED) is 0.218. The lowest BCUT2D eigenvalue weighted by atomic mass is 9.81. The Morgan fingerprint density at radius 2 is 1.61 bits per heavy atom. The number of hydrogen-bond acceptors (Lipinski definition) is 7. The lowest BCUT2D eigenvalue weighted by Crippen LogP contribution is -2.53. The third kappa shape index (κ3) is 7.89. The molecule has 6 rings (SSSR count). The van der Waals surface area contributed by atoms with Crippen LogP contribution >= 0.6 is 0 Å². The number of imidazole rings is 1. The van der Waals surface area contributed by atoms with Crippen LogP contribution in [0.4, 0.5) is 4.79 Å². The summed E-state index contributed by atoms with van der Waals surface area (Å²) >= 11 is 0. The number of nitrogens with zero attached hydrogens (tertiary/aromatic N) is 4. The van der Waals surface area contributed by atoms with E-state index in [9.17, 15) is 18.0 Å².